The second-order valence-electron chi connectivity index (χ2n) is 7.32. The van der Waals surface area contributed by atoms with Gasteiger partial charge in [0.1, 0.15) is 5.75 Å². The number of hydrogen-bond acceptors (Lipinski definition) is 7. The van der Waals surface area contributed by atoms with Gasteiger partial charge in [0.2, 0.25) is 10.0 Å². The van der Waals surface area contributed by atoms with Crippen molar-refractivity contribution in [3.05, 3.63) is 52.8 Å². The van der Waals surface area contributed by atoms with Crippen LogP contribution in [0.3, 0.4) is 0 Å². The molecule has 0 unspecified atom stereocenters. The lowest BCUT2D eigenvalue weighted by Crippen LogP contribution is -2.40. The van der Waals surface area contributed by atoms with Crippen LogP contribution in [0.1, 0.15) is 10.4 Å². The summed E-state index contributed by atoms with van der Waals surface area (Å²) >= 11 is 1.38. The molecule has 0 radical (unpaired) electrons. The first-order valence-corrected chi connectivity index (χ1v) is 12.6. The first-order valence-electron chi connectivity index (χ1n) is 10.4. The van der Waals surface area contributed by atoms with E-state index in [4.69, 9.17) is 14.2 Å². The zero-order valence-corrected chi connectivity index (χ0v) is 20.0. The molecule has 2 aromatic carbocycles. The molecule has 1 aromatic heterocycles. The molecular formula is C22H25N3O6S2. The van der Waals surface area contributed by atoms with Crippen molar-refractivity contribution in [3.8, 4) is 5.75 Å². The smallest absolute Gasteiger partial charge is 0.279 e. The van der Waals surface area contributed by atoms with Crippen molar-refractivity contribution < 1.29 is 27.4 Å². The van der Waals surface area contributed by atoms with Crippen LogP contribution in [0, 0.1) is 0 Å². The third-order valence-corrected chi connectivity index (χ3v) is 8.27. The summed E-state index contributed by atoms with van der Waals surface area (Å²) in [6, 6.07) is 11.6. The van der Waals surface area contributed by atoms with Gasteiger partial charge in [-0.1, -0.05) is 11.3 Å². The standard InChI is InChI=1S/C22H25N3O6S2/c1-29-12-11-25-19-8-5-17(30-2)15-20(19)32-22(25)23-21(26)16-3-6-18(7-4-16)33(27,28)24-9-13-31-14-10-24/h3-8,15H,9-14H2,1-2H3. The number of thiazole rings is 1. The molecule has 3 aromatic rings. The van der Waals surface area contributed by atoms with Crippen LogP contribution >= 0.6 is 11.3 Å². The van der Waals surface area contributed by atoms with E-state index in [9.17, 15) is 13.2 Å². The largest absolute Gasteiger partial charge is 0.497 e. The zero-order valence-electron chi connectivity index (χ0n) is 18.4. The van der Waals surface area contributed by atoms with Crippen LogP contribution in [0.25, 0.3) is 10.2 Å². The minimum absolute atomic E-state index is 0.144. The Balaban J connectivity index is 1.65. The van der Waals surface area contributed by atoms with Gasteiger partial charge >= 0.3 is 0 Å². The Labute approximate surface area is 195 Å². The summed E-state index contributed by atoms with van der Waals surface area (Å²) in [5, 5.41) is 0. The average molecular weight is 492 g/mol. The second kappa shape index (κ2) is 10.1. The van der Waals surface area contributed by atoms with Crippen LogP contribution in [0.15, 0.2) is 52.4 Å². The first-order chi connectivity index (χ1) is 15.9. The number of carbonyl (C=O) groups excluding carboxylic acids is 1. The number of benzene rings is 2. The fraction of sp³-hybridized carbons (Fsp3) is 0.364. The monoisotopic (exact) mass is 491 g/mol. The van der Waals surface area contributed by atoms with E-state index in [1.165, 1.54) is 39.9 Å². The topological polar surface area (TPSA) is 99.4 Å². The van der Waals surface area contributed by atoms with Crippen molar-refractivity contribution in [1.82, 2.24) is 8.87 Å². The Hall–Kier alpha value is -2.57. The van der Waals surface area contributed by atoms with Gasteiger partial charge in [0.05, 0.1) is 42.0 Å². The molecule has 0 bridgehead atoms. The van der Waals surface area contributed by atoms with E-state index in [1.54, 1.807) is 14.2 Å². The number of morpholine rings is 1. The Morgan fingerprint density at radius 3 is 2.52 bits per heavy atom. The normalized spacial score (nSPS) is 15.8. The van der Waals surface area contributed by atoms with Crippen molar-refractivity contribution >= 4 is 37.5 Å². The maximum atomic E-state index is 12.9. The van der Waals surface area contributed by atoms with Crippen LogP contribution < -0.4 is 9.54 Å². The van der Waals surface area contributed by atoms with Crippen molar-refractivity contribution in [1.29, 1.82) is 0 Å². The van der Waals surface area contributed by atoms with Crippen LogP contribution in [-0.2, 0) is 26.0 Å². The molecule has 0 atom stereocenters. The zero-order chi connectivity index (χ0) is 23.4. The lowest BCUT2D eigenvalue weighted by atomic mass is 10.2. The number of ether oxygens (including phenoxy) is 3. The quantitative estimate of drug-likeness (QED) is 0.502. The minimum Gasteiger partial charge on any atom is -0.497 e. The van der Waals surface area contributed by atoms with Crippen LogP contribution in [0.2, 0.25) is 0 Å². The van der Waals surface area contributed by atoms with E-state index in [0.29, 0.717) is 49.8 Å². The van der Waals surface area contributed by atoms with Gasteiger partial charge in [-0.3, -0.25) is 4.79 Å². The first kappa shape index (κ1) is 23.6. The van der Waals surface area contributed by atoms with Gasteiger partial charge in [-0.2, -0.15) is 9.30 Å². The van der Waals surface area contributed by atoms with Gasteiger partial charge in [0, 0.05) is 32.3 Å². The molecule has 2 heterocycles. The summed E-state index contributed by atoms with van der Waals surface area (Å²) in [5.41, 5.74) is 1.24. The molecule has 0 spiro atoms. The van der Waals surface area contributed by atoms with Crippen molar-refractivity contribution in [3.63, 3.8) is 0 Å². The number of fused-ring (bicyclic) bond motifs is 1. The molecule has 1 amide bonds. The highest BCUT2D eigenvalue weighted by atomic mass is 32.2. The van der Waals surface area contributed by atoms with Crippen LogP contribution in [-0.4, -0.2) is 70.3 Å². The van der Waals surface area contributed by atoms with Gasteiger partial charge in [-0.15, -0.1) is 0 Å². The van der Waals surface area contributed by atoms with Crippen LogP contribution in [0.4, 0.5) is 0 Å². The maximum absolute atomic E-state index is 12.9. The van der Waals surface area contributed by atoms with Crippen molar-refractivity contribution in [2.24, 2.45) is 4.99 Å². The molecule has 1 aliphatic heterocycles. The summed E-state index contributed by atoms with van der Waals surface area (Å²) in [7, 11) is -0.400. The Morgan fingerprint density at radius 1 is 1.12 bits per heavy atom. The predicted octanol–water partition coefficient (Wildman–Crippen LogP) is 2.12. The molecule has 33 heavy (non-hydrogen) atoms. The van der Waals surface area contributed by atoms with E-state index in [0.717, 1.165) is 16.0 Å². The number of aromatic nitrogens is 1. The molecule has 176 valence electrons. The highest BCUT2D eigenvalue weighted by Crippen LogP contribution is 2.23. The maximum Gasteiger partial charge on any atom is 0.279 e. The van der Waals surface area contributed by atoms with Gasteiger partial charge in [0.25, 0.3) is 5.91 Å². The van der Waals surface area contributed by atoms with Crippen molar-refractivity contribution in [2.75, 3.05) is 47.1 Å². The second-order valence-corrected chi connectivity index (χ2v) is 10.3. The molecular weight excluding hydrogens is 466 g/mol. The molecule has 1 fully saturated rings. The molecule has 0 saturated carbocycles. The van der Waals surface area contributed by atoms with E-state index < -0.39 is 15.9 Å². The summed E-state index contributed by atoms with van der Waals surface area (Å²) in [5.74, 6) is 0.271. The Bertz CT molecular complexity index is 1310. The summed E-state index contributed by atoms with van der Waals surface area (Å²) < 4.78 is 45.6. The minimum atomic E-state index is -3.62. The fourth-order valence-electron chi connectivity index (χ4n) is 3.52. The summed E-state index contributed by atoms with van der Waals surface area (Å²) in [6.45, 7) is 2.38. The highest BCUT2D eigenvalue weighted by molar-refractivity contribution is 7.89. The lowest BCUT2D eigenvalue weighted by Gasteiger charge is -2.26. The predicted molar refractivity (Wildman–Crippen MR) is 124 cm³/mol. The number of hydrogen-bond donors (Lipinski definition) is 0. The van der Waals surface area contributed by atoms with Gasteiger partial charge in [-0.05, 0) is 42.5 Å². The van der Waals surface area contributed by atoms with E-state index >= 15 is 0 Å². The van der Waals surface area contributed by atoms with E-state index in [1.807, 2.05) is 22.8 Å². The van der Waals surface area contributed by atoms with Gasteiger partial charge < -0.3 is 18.8 Å². The third kappa shape index (κ3) is 5.02. The van der Waals surface area contributed by atoms with E-state index in [2.05, 4.69) is 4.99 Å². The van der Waals surface area contributed by atoms with Gasteiger partial charge in [0.15, 0.2) is 4.80 Å². The average Bonchev–Trinajstić information content (AvgIpc) is 3.19. The molecule has 1 saturated heterocycles. The van der Waals surface area contributed by atoms with Gasteiger partial charge in [-0.25, -0.2) is 8.42 Å². The number of sulfonamides is 1. The molecule has 0 N–H and O–H groups in total. The number of nitrogens with zero attached hydrogens (tertiary/aromatic N) is 3. The molecule has 0 aliphatic carbocycles. The molecule has 4 rings (SSSR count). The Morgan fingerprint density at radius 2 is 1.85 bits per heavy atom. The molecule has 9 nitrogen and oxygen atoms in total. The fourth-order valence-corrected chi connectivity index (χ4v) is 6.01. The summed E-state index contributed by atoms with van der Waals surface area (Å²) in [6.07, 6.45) is 0. The number of carbonyl (C=O) groups is 1. The third-order valence-electron chi connectivity index (χ3n) is 5.32. The number of methoxy groups -OCH3 is 2. The van der Waals surface area contributed by atoms with Crippen molar-refractivity contribution in [2.45, 2.75) is 11.4 Å². The number of rotatable bonds is 7. The molecule has 1 aliphatic rings. The van der Waals surface area contributed by atoms with Crippen LogP contribution in [0.5, 0.6) is 5.75 Å². The number of amides is 1. The molecule has 11 heteroatoms. The lowest BCUT2D eigenvalue weighted by molar-refractivity contribution is 0.0730. The SMILES string of the molecule is COCCn1c(=NC(=O)c2ccc(S(=O)(=O)N3CCOCC3)cc2)sc2cc(OC)ccc21. The highest BCUT2D eigenvalue weighted by Gasteiger charge is 2.26. The Kier molecular flexibility index (Phi) is 7.25. The summed E-state index contributed by atoms with van der Waals surface area (Å²) in [4.78, 5) is 17.9. The van der Waals surface area contributed by atoms with E-state index in [-0.39, 0.29) is 4.90 Å².